The molecule has 3 amide bonds. The predicted molar refractivity (Wildman–Crippen MR) is 123 cm³/mol. The first-order valence-electron chi connectivity index (χ1n) is 12.0. The summed E-state index contributed by atoms with van der Waals surface area (Å²) in [6, 6.07) is 8.98. The van der Waals surface area contributed by atoms with Crippen LogP contribution in [0.3, 0.4) is 0 Å². The van der Waals surface area contributed by atoms with Crippen LogP contribution < -0.4 is 10.6 Å². The number of nitrogens with zero attached hydrogens (tertiary/aromatic N) is 1. The number of hydrogen-bond donors (Lipinski definition) is 2. The molecule has 1 saturated carbocycles. The van der Waals surface area contributed by atoms with Crippen LogP contribution in [-0.4, -0.2) is 60.0 Å². The van der Waals surface area contributed by atoms with E-state index in [1.165, 1.54) is 6.42 Å². The van der Waals surface area contributed by atoms with Gasteiger partial charge < -0.3 is 20.3 Å². The first-order valence-corrected chi connectivity index (χ1v) is 12.0. The molecule has 1 heterocycles. The molecule has 1 aliphatic carbocycles. The second-order valence-electron chi connectivity index (χ2n) is 9.12. The number of amides is 3. The molecular weight excluding hydrogens is 406 g/mol. The van der Waals surface area contributed by atoms with E-state index in [0.717, 1.165) is 38.5 Å². The summed E-state index contributed by atoms with van der Waals surface area (Å²) in [5, 5.41) is 5.92. The lowest BCUT2D eigenvalue weighted by atomic mass is 9.91. The first kappa shape index (κ1) is 24.2. The van der Waals surface area contributed by atoms with E-state index in [2.05, 4.69) is 10.6 Å². The molecule has 0 bridgehead atoms. The quantitative estimate of drug-likeness (QED) is 0.614. The van der Waals surface area contributed by atoms with Gasteiger partial charge in [0.05, 0.1) is 12.6 Å². The van der Waals surface area contributed by atoms with E-state index < -0.39 is 5.54 Å². The van der Waals surface area contributed by atoms with Gasteiger partial charge in [-0.15, -0.1) is 0 Å². The highest BCUT2D eigenvalue weighted by Crippen LogP contribution is 2.25. The fraction of sp³-hybridized carbons (Fsp3) is 0.640. The van der Waals surface area contributed by atoms with Crippen molar-refractivity contribution in [1.29, 1.82) is 0 Å². The van der Waals surface area contributed by atoms with E-state index in [-0.39, 0.29) is 36.4 Å². The molecule has 176 valence electrons. The topological polar surface area (TPSA) is 87.7 Å². The van der Waals surface area contributed by atoms with E-state index in [1.807, 2.05) is 19.9 Å². The molecule has 7 heteroatoms. The molecule has 2 aliphatic rings. The second kappa shape index (κ2) is 11.5. The average Bonchev–Trinajstić information content (AvgIpc) is 3.35. The number of carbonyl (C=O) groups excluding carboxylic acids is 3. The molecule has 1 aliphatic heterocycles. The van der Waals surface area contributed by atoms with Crippen molar-refractivity contribution in [1.82, 2.24) is 15.5 Å². The highest BCUT2D eigenvalue weighted by molar-refractivity contribution is 5.97. The van der Waals surface area contributed by atoms with Gasteiger partial charge in [-0.1, -0.05) is 44.4 Å². The van der Waals surface area contributed by atoms with Crippen LogP contribution in [0.2, 0.25) is 0 Å². The standard InChI is InChI=1S/C25H37N3O4/c1-3-25(2,24(31)27-20-13-8-5-9-14-20)28(18-21-15-10-16-32-21)22(29)17-26-23(30)19-11-6-4-7-12-19/h4,6-7,11-12,20-21H,3,5,8-10,13-18H2,1-2H3,(H,26,30)(H,27,31)/t21-,25-/m1/s1. The molecule has 7 nitrogen and oxygen atoms in total. The first-order chi connectivity index (χ1) is 15.4. The van der Waals surface area contributed by atoms with Crippen molar-refractivity contribution in [2.45, 2.75) is 82.9 Å². The van der Waals surface area contributed by atoms with Crippen LogP contribution in [0, 0.1) is 0 Å². The number of hydrogen-bond acceptors (Lipinski definition) is 4. The summed E-state index contributed by atoms with van der Waals surface area (Å²) in [6.45, 7) is 4.62. The summed E-state index contributed by atoms with van der Waals surface area (Å²) in [7, 11) is 0. The van der Waals surface area contributed by atoms with Crippen molar-refractivity contribution in [3.8, 4) is 0 Å². The lowest BCUT2D eigenvalue weighted by Gasteiger charge is -2.41. The van der Waals surface area contributed by atoms with Crippen molar-refractivity contribution >= 4 is 17.7 Å². The third kappa shape index (κ3) is 6.09. The van der Waals surface area contributed by atoms with E-state index >= 15 is 0 Å². The average molecular weight is 444 g/mol. The van der Waals surface area contributed by atoms with Gasteiger partial charge in [0.2, 0.25) is 11.8 Å². The van der Waals surface area contributed by atoms with E-state index in [4.69, 9.17) is 4.74 Å². The Morgan fingerprint density at radius 3 is 2.41 bits per heavy atom. The van der Waals surface area contributed by atoms with Gasteiger partial charge in [-0.2, -0.15) is 0 Å². The molecule has 0 aromatic heterocycles. The number of carbonyl (C=O) groups is 3. The second-order valence-corrected chi connectivity index (χ2v) is 9.12. The largest absolute Gasteiger partial charge is 0.376 e. The summed E-state index contributed by atoms with van der Waals surface area (Å²) in [5.74, 6) is -0.693. The summed E-state index contributed by atoms with van der Waals surface area (Å²) < 4.78 is 5.78. The Labute approximate surface area is 191 Å². The molecule has 1 aromatic carbocycles. The van der Waals surface area contributed by atoms with Crippen molar-refractivity contribution < 1.29 is 19.1 Å². The van der Waals surface area contributed by atoms with Gasteiger partial charge in [-0.25, -0.2) is 0 Å². The molecule has 32 heavy (non-hydrogen) atoms. The molecule has 0 radical (unpaired) electrons. The maximum absolute atomic E-state index is 13.4. The normalized spacial score (nSPS) is 20.9. The zero-order valence-electron chi connectivity index (χ0n) is 19.4. The SMILES string of the molecule is CC[C@](C)(C(=O)NC1CCCCC1)N(C[C@H]1CCCO1)C(=O)CNC(=O)c1ccccc1. The number of ether oxygens (including phenoxy) is 1. The van der Waals surface area contributed by atoms with Gasteiger partial charge in [-0.05, 0) is 51.2 Å². The molecule has 2 atom stereocenters. The van der Waals surface area contributed by atoms with E-state index in [1.54, 1.807) is 29.2 Å². The van der Waals surface area contributed by atoms with Crippen LogP contribution >= 0.6 is 0 Å². The highest BCUT2D eigenvalue weighted by atomic mass is 16.5. The number of rotatable bonds is 9. The third-order valence-electron chi connectivity index (χ3n) is 6.86. The Bertz CT molecular complexity index is 773. The molecular formula is C25H37N3O4. The minimum atomic E-state index is -1.00. The van der Waals surface area contributed by atoms with Gasteiger partial charge in [0, 0.05) is 24.8 Å². The van der Waals surface area contributed by atoms with Crippen LogP contribution in [-0.2, 0) is 14.3 Å². The monoisotopic (exact) mass is 443 g/mol. The van der Waals surface area contributed by atoms with Crippen molar-refractivity contribution in [2.75, 3.05) is 19.7 Å². The number of benzene rings is 1. The van der Waals surface area contributed by atoms with Gasteiger partial charge >= 0.3 is 0 Å². The third-order valence-corrected chi connectivity index (χ3v) is 6.86. The van der Waals surface area contributed by atoms with Gasteiger partial charge in [0.1, 0.15) is 5.54 Å². The summed E-state index contributed by atoms with van der Waals surface area (Å²) in [5.41, 5.74) is -0.503. The molecule has 2 fully saturated rings. The molecule has 2 N–H and O–H groups in total. The molecule has 0 unspecified atom stereocenters. The van der Waals surface area contributed by atoms with Crippen molar-refractivity contribution in [3.05, 3.63) is 35.9 Å². The summed E-state index contributed by atoms with van der Waals surface area (Å²) in [6.07, 6.45) is 7.64. The van der Waals surface area contributed by atoms with Gasteiger partial charge in [0.15, 0.2) is 0 Å². The van der Waals surface area contributed by atoms with Crippen LogP contribution in [0.15, 0.2) is 30.3 Å². The molecule has 3 rings (SSSR count). The molecule has 1 saturated heterocycles. The van der Waals surface area contributed by atoms with Crippen LogP contribution in [0.25, 0.3) is 0 Å². The van der Waals surface area contributed by atoms with Crippen LogP contribution in [0.4, 0.5) is 0 Å². The highest BCUT2D eigenvalue weighted by Gasteiger charge is 2.42. The maximum atomic E-state index is 13.4. The lowest BCUT2D eigenvalue weighted by Crippen LogP contribution is -2.62. The molecule has 0 spiro atoms. The van der Waals surface area contributed by atoms with Crippen molar-refractivity contribution in [3.63, 3.8) is 0 Å². The van der Waals surface area contributed by atoms with Gasteiger partial charge in [0.25, 0.3) is 5.91 Å². The zero-order valence-corrected chi connectivity index (χ0v) is 19.4. The lowest BCUT2D eigenvalue weighted by molar-refractivity contribution is -0.149. The fourth-order valence-electron chi connectivity index (χ4n) is 4.58. The smallest absolute Gasteiger partial charge is 0.251 e. The molecule has 1 aromatic rings. The Hall–Kier alpha value is -2.41. The van der Waals surface area contributed by atoms with Crippen molar-refractivity contribution in [2.24, 2.45) is 0 Å². The Morgan fingerprint density at radius 2 is 1.78 bits per heavy atom. The predicted octanol–water partition coefficient (Wildman–Crippen LogP) is 3.04. The zero-order chi connectivity index (χ0) is 23.0. The fourth-order valence-corrected chi connectivity index (χ4v) is 4.58. The Kier molecular flexibility index (Phi) is 8.67. The minimum absolute atomic E-state index is 0.0860. The Morgan fingerprint density at radius 1 is 1.06 bits per heavy atom. The maximum Gasteiger partial charge on any atom is 0.251 e. The van der Waals surface area contributed by atoms with Gasteiger partial charge in [-0.3, -0.25) is 14.4 Å². The Balaban J connectivity index is 1.72. The van der Waals surface area contributed by atoms with Crippen LogP contribution in [0.1, 0.15) is 75.6 Å². The number of nitrogens with one attached hydrogen (secondary N) is 2. The van der Waals surface area contributed by atoms with E-state index in [0.29, 0.717) is 25.1 Å². The summed E-state index contributed by atoms with van der Waals surface area (Å²) in [4.78, 5) is 40.8. The minimum Gasteiger partial charge on any atom is -0.376 e. The van der Waals surface area contributed by atoms with Crippen LogP contribution in [0.5, 0.6) is 0 Å². The summed E-state index contributed by atoms with van der Waals surface area (Å²) >= 11 is 0. The van der Waals surface area contributed by atoms with E-state index in [9.17, 15) is 14.4 Å².